The van der Waals surface area contributed by atoms with E-state index in [1.54, 1.807) is 0 Å². The Kier molecular flexibility index (Phi) is 5.77. The van der Waals surface area contributed by atoms with Crippen LogP contribution in [0.5, 0.6) is 0 Å². The number of halogens is 1. The molecule has 4 N–H and O–H groups in total. The number of hydrogen-bond acceptors (Lipinski definition) is 3. The molecule has 0 saturated carbocycles. The van der Waals surface area contributed by atoms with Crippen LogP contribution in [0, 0.1) is 23.2 Å². The molecular weight excluding hydrogens is 338 g/mol. The van der Waals surface area contributed by atoms with Crippen molar-refractivity contribution in [2.75, 3.05) is 30.7 Å². The molecule has 0 spiro atoms. The topological polar surface area (TPSA) is 50.1 Å². The average molecular weight is 364 g/mol. The van der Waals surface area contributed by atoms with Gasteiger partial charge in [0, 0.05) is 18.0 Å². The molecule has 3 nitrogen and oxygen atoms in total. The second-order valence-electron chi connectivity index (χ2n) is 7.10. The van der Waals surface area contributed by atoms with Gasteiger partial charge in [0.15, 0.2) is 0 Å². The zero-order valence-corrected chi connectivity index (χ0v) is 15.3. The van der Waals surface area contributed by atoms with Gasteiger partial charge in [0.05, 0.1) is 15.8 Å². The summed E-state index contributed by atoms with van der Waals surface area (Å²) in [5, 5.41) is 6.78. The highest BCUT2D eigenvalue weighted by Gasteiger charge is 2.13. The summed E-state index contributed by atoms with van der Waals surface area (Å²) in [5.41, 5.74) is 9.12. The summed E-state index contributed by atoms with van der Waals surface area (Å²) in [6, 6.07) is 4.07. The van der Waals surface area contributed by atoms with Crippen LogP contribution in [-0.4, -0.2) is 19.6 Å². The Morgan fingerprint density at radius 2 is 2.00 bits per heavy atom. The molecule has 2 rings (SSSR count). The highest BCUT2D eigenvalue weighted by Crippen LogP contribution is 2.31. The summed E-state index contributed by atoms with van der Waals surface area (Å²) >= 11 is 3.60. The molecule has 22 heavy (non-hydrogen) atoms. The molecule has 1 aromatic rings. The Hall–Kier alpha value is -1.18. The van der Waals surface area contributed by atoms with E-state index in [2.05, 4.69) is 59.2 Å². The number of nitrogen functional groups attached to an aromatic ring is 1. The molecule has 0 unspecified atom stereocenters. The maximum atomic E-state index is 6.23. The Labute approximate surface area is 142 Å². The van der Waals surface area contributed by atoms with Crippen LogP contribution in [0.1, 0.15) is 39.2 Å². The second-order valence-corrected chi connectivity index (χ2v) is 7.89. The van der Waals surface area contributed by atoms with Crippen molar-refractivity contribution >= 4 is 27.3 Å². The van der Waals surface area contributed by atoms with Crippen molar-refractivity contribution in [2.24, 2.45) is 11.3 Å². The summed E-state index contributed by atoms with van der Waals surface area (Å²) in [6.07, 6.45) is 2.26. The lowest BCUT2D eigenvalue weighted by Crippen LogP contribution is -2.26. The normalized spacial score (nSPS) is 16.0. The lowest BCUT2D eigenvalue weighted by atomic mass is 9.96. The standard InChI is InChI=1S/C18H26BrN3/c1-18(2,3)12-22-15-7-6-14(16(19)17(15)20)5-4-13-8-10-21-11-9-13/h6-7,13,21-22H,8-12,20H2,1-3H3. The molecule has 4 heteroatoms. The first-order chi connectivity index (χ1) is 10.4. The van der Waals surface area contributed by atoms with Gasteiger partial charge < -0.3 is 16.4 Å². The fourth-order valence-corrected chi connectivity index (χ4v) is 2.79. The minimum atomic E-state index is 0.215. The van der Waals surface area contributed by atoms with E-state index in [-0.39, 0.29) is 5.41 Å². The van der Waals surface area contributed by atoms with Gasteiger partial charge in [-0.3, -0.25) is 0 Å². The van der Waals surface area contributed by atoms with Crippen LogP contribution in [0.25, 0.3) is 0 Å². The molecule has 0 bridgehead atoms. The van der Waals surface area contributed by atoms with Crippen molar-refractivity contribution in [1.82, 2.24) is 5.32 Å². The van der Waals surface area contributed by atoms with Crippen LogP contribution >= 0.6 is 15.9 Å². The van der Waals surface area contributed by atoms with Gasteiger partial charge in [0.2, 0.25) is 0 Å². The smallest absolute Gasteiger partial charge is 0.0707 e. The number of nitrogens with two attached hydrogens (primary N) is 1. The Morgan fingerprint density at radius 1 is 1.32 bits per heavy atom. The summed E-state index contributed by atoms with van der Waals surface area (Å²) in [4.78, 5) is 0. The SMILES string of the molecule is CC(C)(C)CNc1ccc(C#CC2CCNCC2)c(Br)c1N. The third kappa shape index (κ3) is 4.93. The molecule has 0 atom stereocenters. The number of anilines is 2. The average Bonchev–Trinajstić information content (AvgIpc) is 2.48. The molecule has 0 aliphatic carbocycles. The van der Waals surface area contributed by atoms with Crippen molar-refractivity contribution < 1.29 is 0 Å². The largest absolute Gasteiger partial charge is 0.396 e. The fourth-order valence-electron chi connectivity index (χ4n) is 2.35. The third-order valence-electron chi connectivity index (χ3n) is 3.74. The lowest BCUT2D eigenvalue weighted by Gasteiger charge is -2.21. The van der Waals surface area contributed by atoms with Gasteiger partial charge in [-0.2, -0.15) is 0 Å². The van der Waals surface area contributed by atoms with Gasteiger partial charge in [0.25, 0.3) is 0 Å². The number of nitrogens with one attached hydrogen (secondary N) is 2. The second kappa shape index (κ2) is 7.39. The van der Waals surface area contributed by atoms with E-state index in [1.165, 1.54) is 0 Å². The van der Waals surface area contributed by atoms with Crippen LogP contribution in [0.3, 0.4) is 0 Å². The molecule has 0 aromatic heterocycles. The van der Waals surface area contributed by atoms with E-state index < -0.39 is 0 Å². The van der Waals surface area contributed by atoms with Gasteiger partial charge in [0.1, 0.15) is 0 Å². The first-order valence-electron chi connectivity index (χ1n) is 7.91. The predicted octanol–water partition coefficient (Wildman–Crippen LogP) is 3.84. The Morgan fingerprint density at radius 3 is 2.64 bits per heavy atom. The van der Waals surface area contributed by atoms with Gasteiger partial charge in [-0.1, -0.05) is 32.6 Å². The van der Waals surface area contributed by atoms with Gasteiger partial charge in [-0.25, -0.2) is 0 Å². The molecule has 0 radical (unpaired) electrons. The Bertz CT molecular complexity index is 572. The summed E-state index contributed by atoms with van der Waals surface area (Å²) in [7, 11) is 0. The molecular formula is C18H26BrN3. The summed E-state index contributed by atoms with van der Waals surface area (Å²) in [6.45, 7) is 9.61. The minimum absolute atomic E-state index is 0.215. The minimum Gasteiger partial charge on any atom is -0.396 e. The number of hydrogen-bond donors (Lipinski definition) is 3. The monoisotopic (exact) mass is 363 g/mol. The van der Waals surface area contributed by atoms with Crippen LogP contribution in [0.4, 0.5) is 11.4 Å². The quantitative estimate of drug-likeness (QED) is 0.552. The van der Waals surface area contributed by atoms with Crippen LogP contribution in [0.15, 0.2) is 16.6 Å². The van der Waals surface area contributed by atoms with Crippen molar-refractivity contribution in [3.8, 4) is 11.8 Å². The highest BCUT2D eigenvalue weighted by atomic mass is 79.9. The third-order valence-corrected chi connectivity index (χ3v) is 4.59. The number of rotatable bonds is 2. The van der Waals surface area contributed by atoms with Crippen molar-refractivity contribution in [3.05, 3.63) is 22.2 Å². The van der Waals surface area contributed by atoms with Crippen LogP contribution < -0.4 is 16.4 Å². The first kappa shape index (κ1) is 17.2. The molecule has 1 aliphatic rings. The van der Waals surface area contributed by atoms with Gasteiger partial charge in [-0.15, -0.1) is 0 Å². The van der Waals surface area contributed by atoms with E-state index >= 15 is 0 Å². The molecule has 120 valence electrons. The Balaban J connectivity index is 2.11. The van der Waals surface area contributed by atoms with Crippen molar-refractivity contribution in [1.29, 1.82) is 0 Å². The molecule has 0 amide bonds. The highest BCUT2D eigenvalue weighted by molar-refractivity contribution is 9.10. The zero-order valence-electron chi connectivity index (χ0n) is 13.7. The molecule has 1 aliphatic heterocycles. The zero-order chi connectivity index (χ0) is 16.2. The van der Waals surface area contributed by atoms with Crippen LogP contribution in [-0.2, 0) is 0 Å². The predicted molar refractivity (Wildman–Crippen MR) is 99.0 cm³/mol. The van der Waals surface area contributed by atoms with E-state index in [1.807, 2.05) is 12.1 Å². The van der Waals surface area contributed by atoms with Gasteiger partial charge >= 0.3 is 0 Å². The molecule has 1 aromatic carbocycles. The lowest BCUT2D eigenvalue weighted by molar-refractivity contribution is 0.443. The van der Waals surface area contributed by atoms with E-state index in [4.69, 9.17) is 5.73 Å². The first-order valence-corrected chi connectivity index (χ1v) is 8.70. The number of benzene rings is 1. The van der Waals surface area contributed by atoms with Crippen molar-refractivity contribution in [2.45, 2.75) is 33.6 Å². The molecule has 1 fully saturated rings. The molecule has 1 saturated heterocycles. The van der Waals surface area contributed by atoms with E-state index in [0.29, 0.717) is 5.92 Å². The summed E-state index contributed by atoms with van der Waals surface area (Å²) < 4.78 is 0.896. The van der Waals surface area contributed by atoms with E-state index in [0.717, 1.165) is 53.9 Å². The van der Waals surface area contributed by atoms with E-state index in [9.17, 15) is 0 Å². The fraction of sp³-hybridized carbons (Fsp3) is 0.556. The van der Waals surface area contributed by atoms with Crippen molar-refractivity contribution in [3.63, 3.8) is 0 Å². The number of piperidine rings is 1. The maximum Gasteiger partial charge on any atom is 0.0707 e. The van der Waals surface area contributed by atoms with Crippen LogP contribution in [0.2, 0.25) is 0 Å². The van der Waals surface area contributed by atoms with Gasteiger partial charge in [-0.05, 0) is 59.4 Å². The summed E-state index contributed by atoms with van der Waals surface area (Å²) in [5.74, 6) is 7.17. The molecule has 1 heterocycles. The maximum absolute atomic E-state index is 6.23.